The molecular weight excluding hydrogens is 300 g/mol. The van der Waals surface area contributed by atoms with Gasteiger partial charge in [-0.25, -0.2) is 0 Å². The second-order valence-corrected chi connectivity index (χ2v) is 6.55. The summed E-state index contributed by atoms with van der Waals surface area (Å²) in [5.41, 5.74) is 4.34. The summed E-state index contributed by atoms with van der Waals surface area (Å²) in [7, 11) is 1.69. The first kappa shape index (κ1) is 16.8. The van der Waals surface area contributed by atoms with Gasteiger partial charge in [-0.1, -0.05) is 18.2 Å². The molecule has 1 N–H and O–H groups in total. The number of nitrogens with zero attached hydrogens (tertiary/aromatic N) is 1. The molecule has 1 fully saturated rings. The van der Waals surface area contributed by atoms with Gasteiger partial charge in [-0.05, 0) is 57.4 Å². The first-order valence-electron chi connectivity index (χ1n) is 8.66. The van der Waals surface area contributed by atoms with Crippen molar-refractivity contribution in [2.45, 2.75) is 39.2 Å². The van der Waals surface area contributed by atoms with Crippen molar-refractivity contribution in [3.8, 4) is 5.75 Å². The van der Waals surface area contributed by atoms with E-state index in [1.54, 1.807) is 7.11 Å². The number of benzene rings is 1. The van der Waals surface area contributed by atoms with E-state index in [4.69, 9.17) is 4.74 Å². The summed E-state index contributed by atoms with van der Waals surface area (Å²) in [4.78, 5) is 12.5. The highest BCUT2D eigenvalue weighted by atomic mass is 16.5. The molecule has 0 saturated heterocycles. The molecule has 4 heteroatoms. The first-order valence-corrected chi connectivity index (χ1v) is 8.66. The Kier molecular flexibility index (Phi) is 5.05. The number of methoxy groups -OCH3 is 1. The summed E-state index contributed by atoms with van der Waals surface area (Å²) in [6, 6.07) is 10.7. The molecule has 0 amide bonds. The molecule has 0 bridgehead atoms. The van der Waals surface area contributed by atoms with Crippen molar-refractivity contribution >= 4 is 5.78 Å². The molecule has 2 aromatic rings. The topological polar surface area (TPSA) is 43.3 Å². The second kappa shape index (κ2) is 7.22. The normalized spacial score (nSPS) is 14.0. The second-order valence-electron chi connectivity index (χ2n) is 6.55. The molecule has 1 aliphatic rings. The Morgan fingerprint density at radius 1 is 1.29 bits per heavy atom. The zero-order valence-electron chi connectivity index (χ0n) is 14.8. The van der Waals surface area contributed by atoms with E-state index in [2.05, 4.69) is 29.8 Å². The Balaban J connectivity index is 1.54. The zero-order valence-corrected chi connectivity index (χ0v) is 14.8. The fourth-order valence-corrected chi connectivity index (χ4v) is 3.38. The van der Waals surface area contributed by atoms with E-state index in [1.165, 1.54) is 18.5 Å². The Bertz CT molecular complexity index is 729. The highest BCUT2D eigenvalue weighted by molar-refractivity contribution is 5.99. The van der Waals surface area contributed by atoms with Crippen molar-refractivity contribution in [3.05, 3.63) is 52.8 Å². The molecule has 0 aliphatic heterocycles. The molecule has 4 nitrogen and oxygen atoms in total. The van der Waals surface area contributed by atoms with Gasteiger partial charge in [0.1, 0.15) is 5.75 Å². The van der Waals surface area contributed by atoms with Crippen molar-refractivity contribution in [3.63, 3.8) is 0 Å². The number of aromatic nitrogens is 1. The summed E-state index contributed by atoms with van der Waals surface area (Å²) in [5, 5.41) is 3.27. The van der Waals surface area contributed by atoms with Crippen LogP contribution in [0.1, 0.15) is 46.2 Å². The molecular formula is C20H26N2O2. The Labute approximate surface area is 143 Å². The number of aryl methyl sites for hydroxylation is 1. The number of nitrogens with one attached hydrogen (secondary N) is 1. The van der Waals surface area contributed by atoms with Crippen LogP contribution in [0.4, 0.5) is 0 Å². The van der Waals surface area contributed by atoms with Gasteiger partial charge in [-0.15, -0.1) is 0 Å². The monoisotopic (exact) mass is 326 g/mol. The number of rotatable bonds is 8. The van der Waals surface area contributed by atoms with E-state index in [0.717, 1.165) is 35.5 Å². The first-order chi connectivity index (χ1) is 11.6. The minimum absolute atomic E-state index is 0.176. The molecule has 24 heavy (non-hydrogen) atoms. The smallest absolute Gasteiger partial charge is 0.178 e. The van der Waals surface area contributed by atoms with Crippen LogP contribution < -0.4 is 10.1 Å². The number of hydrogen-bond acceptors (Lipinski definition) is 3. The van der Waals surface area contributed by atoms with Crippen molar-refractivity contribution in [1.82, 2.24) is 9.88 Å². The lowest BCUT2D eigenvalue weighted by molar-refractivity contribution is 0.0990. The van der Waals surface area contributed by atoms with Gasteiger partial charge in [0.2, 0.25) is 0 Å². The largest absolute Gasteiger partial charge is 0.496 e. The van der Waals surface area contributed by atoms with Gasteiger partial charge in [0.15, 0.2) is 5.78 Å². The van der Waals surface area contributed by atoms with Crippen LogP contribution in [-0.4, -0.2) is 30.5 Å². The molecule has 0 radical (unpaired) electrons. The van der Waals surface area contributed by atoms with Gasteiger partial charge in [0.05, 0.1) is 13.7 Å². The van der Waals surface area contributed by atoms with Crippen molar-refractivity contribution in [2.24, 2.45) is 0 Å². The number of carbonyl (C=O) groups excluding carboxylic acids is 1. The average Bonchev–Trinajstić information content (AvgIpc) is 3.37. The van der Waals surface area contributed by atoms with E-state index in [9.17, 15) is 4.79 Å². The maximum atomic E-state index is 12.5. The van der Waals surface area contributed by atoms with Crippen molar-refractivity contribution < 1.29 is 9.53 Å². The average molecular weight is 326 g/mol. The van der Waals surface area contributed by atoms with E-state index in [1.807, 2.05) is 24.3 Å². The van der Waals surface area contributed by atoms with Crippen LogP contribution in [0.5, 0.6) is 5.75 Å². The highest BCUT2D eigenvalue weighted by Crippen LogP contribution is 2.38. The van der Waals surface area contributed by atoms with Crippen LogP contribution >= 0.6 is 0 Å². The lowest BCUT2D eigenvalue weighted by atomic mass is 10.1. The van der Waals surface area contributed by atoms with Crippen LogP contribution in [0.3, 0.4) is 0 Å². The minimum atomic E-state index is 0.176. The van der Waals surface area contributed by atoms with E-state index in [0.29, 0.717) is 12.6 Å². The molecule has 1 aromatic heterocycles. The number of Topliss-reactive ketones (excluding diaryl/α,β-unsaturated/α-hetero) is 1. The van der Waals surface area contributed by atoms with E-state index >= 15 is 0 Å². The molecule has 1 heterocycles. The quantitative estimate of drug-likeness (QED) is 0.597. The molecule has 1 aliphatic carbocycles. The lowest BCUT2D eigenvalue weighted by Gasteiger charge is -2.09. The highest BCUT2D eigenvalue weighted by Gasteiger charge is 2.28. The van der Waals surface area contributed by atoms with Crippen LogP contribution in [0.2, 0.25) is 0 Å². The Morgan fingerprint density at radius 2 is 2.04 bits per heavy atom. The number of ketones is 1. The summed E-state index contributed by atoms with van der Waals surface area (Å²) in [6.45, 7) is 5.29. The van der Waals surface area contributed by atoms with Gasteiger partial charge in [-0.2, -0.15) is 0 Å². The third-order valence-electron chi connectivity index (χ3n) is 4.75. The van der Waals surface area contributed by atoms with Crippen LogP contribution in [0.15, 0.2) is 30.3 Å². The summed E-state index contributed by atoms with van der Waals surface area (Å²) < 4.78 is 7.68. The molecule has 3 rings (SSSR count). The Morgan fingerprint density at radius 3 is 2.75 bits per heavy atom. The third kappa shape index (κ3) is 3.54. The number of ether oxygens (including phenoxy) is 1. The van der Waals surface area contributed by atoms with Gasteiger partial charge < -0.3 is 14.6 Å². The summed E-state index contributed by atoms with van der Waals surface area (Å²) >= 11 is 0. The fraction of sp³-hybridized carbons (Fsp3) is 0.450. The zero-order chi connectivity index (χ0) is 17.1. The van der Waals surface area contributed by atoms with Crippen molar-refractivity contribution in [1.29, 1.82) is 0 Å². The standard InChI is InChI=1S/C20H26N2O2/c1-14-12-18(15(2)22(14)17-8-9-17)19(23)13-21-11-10-16-6-4-5-7-20(16)24-3/h4-7,12,17,21H,8-11,13H2,1-3H3. The van der Waals surface area contributed by atoms with Gasteiger partial charge in [0.25, 0.3) is 0 Å². The molecule has 0 atom stereocenters. The summed E-state index contributed by atoms with van der Waals surface area (Å²) in [5.74, 6) is 1.08. The molecule has 128 valence electrons. The van der Waals surface area contributed by atoms with Gasteiger partial charge in [-0.3, -0.25) is 4.79 Å². The predicted molar refractivity (Wildman–Crippen MR) is 96.1 cm³/mol. The molecule has 1 saturated carbocycles. The lowest BCUT2D eigenvalue weighted by Crippen LogP contribution is -2.25. The van der Waals surface area contributed by atoms with Crippen molar-refractivity contribution in [2.75, 3.05) is 20.2 Å². The Hall–Kier alpha value is -2.07. The maximum absolute atomic E-state index is 12.5. The van der Waals surface area contributed by atoms with Gasteiger partial charge in [0, 0.05) is 23.0 Å². The minimum Gasteiger partial charge on any atom is -0.496 e. The third-order valence-corrected chi connectivity index (χ3v) is 4.75. The predicted octanol–water partition coefficient (Wildman–Crippen LogP) is 3.46. The molecule has 0 unspecified atom stereocenters. The maximum Gasteiger partial charge on any atom is 0.178 e. The SMILES string of the molecule is COc1ccccc1CCNCC(=O)c1cc(C)n(C2CC2)c1C. The number of carbonyl (C=O) groups is 1. The van der Waals surface area contributed by atoms with Crippen LogP contribution in [0, 0.1) is 13.8 Å². The fourth-order valence-electron chi connectivity index (χ4n) is 3.38. The molecule has 1 aromatic carbocycles. The van der Waals surface area contributed by atoms with E-state index in [-0.39, 0.29) is 5.78 Å². The van der Waals surface area contributed by atoms with Crippen LogP contribution in [-0.2, 0) is 6.42 Å². The number of hydrogen-bond donors (Lipinski definition) is 1. The van der Waals surface area contributed by atoms with E-state index < -0.39 is 0 Å². The van der Waals surface area contributed by atoms with Crippen LogP contribution in [0.25, 0.3) is 0 Å². The van der Waals surface area contributed by atoms with Gasteiger partial charge >= 0.3 is 0 Å². The number of para-hydroxylation sites is 1. The summed E-state index contributed by atoms with van der Waals surface area (Å²) in [6.07, 6.45) is 3.32. The molecule has 0 spiro atoms.